The van der Waals surface area contributed by atoms with Gasteiger partial charge in [0.25, 0.3) is 32.1 Å². The number of carbonyl (C=O) groups is 3. The summed E-state index contributed by atoms with van der Waals surface area (Å²) >= 11 is 0. The Hall–Kier alpha value is -5.74. The Morgan fingerprint density at radius 3 is 2.23 bits per heavy atom. The van der Waals surface area contributed by atoms with Crippen LogP contribution in [0.2, 0.25) is 0 Å². The second kappa shape index (κ2) is 24.4. The maximum atomic E-state index is 12.7. The summed E-state index contributed by atoms with van der Waals surface area (Å²) in [5.74, 6) is -1.40. The van der Waals surface area contributed by atoms with Gasteiger partial charge in [0.05, 0.1) is 16.1 Å². The highest BCUT2D eigenvalue weighted by atomic mass is 32.2. The fourth-order valence-electron chi connectivity index (χ4n) is 10.1. The molecule has 3 amide bonds. The number of amides is 3. The van der Waals surface area contributed by atoms with Gasteiger partial charge < -0.3 is 10.2 Å². The summed E-state index contributed by atoms with van der Waals surface area (Å²) in [5.41, 5.74) is 6.35. The molecule has 2 unspecified atom stereocenters. The van der Waals surface area contributed by atoms with Crippen molar-refractivity contribution in [3.05, 3.63) is 150 Å². The molecule has 374 valence electrons. The van der Waals surface area contributed by atoms with Gasteiger partial charge in [-0.3, -0.25) is 28.4 Å². The van der Waals surface area contributed by atoms with Gasteiger partial charge in [-0.1, -0.05) is 118 Å². The largest absolute Gasteiger partial charge is 0.354 e. The molecule has 2 atom stereocenters. The molecule has 0 bridgehead atoms. The van der Waals surface area contributed by atoms with E-state index in [0.717, 1.165) is 61.4 Å². The van der Waals surface area contributed by atoms with Crippen molar-refractivity contribution >= 4 is 55.0 Å². The molecule has 0 spiro atoms. The number of anilines is 1. The lowest BCUT2D eigenvalue weighted by Crippen LogP contribution is -2.38. The number of carbonyl (C=O) groups excluding carboxylic acids is 3. The Morgan fingerprint density at radius 1 is 0.743 bits per heavy atom. The van der Waals surface area contributed by atoms with Crippen molar-refractivity contribution in [2.24, 2.45) is 0 Å². The molecule has 4 aliphatic rings. The van der Waals surface area contributed by atoms with E-state index in [1.807, 2.05) is 43.4 Å². The molecule has 70 heavy (non-hydrogen) atoms. The molecular formula is C55H69N4O9S2+. The molecule has 2 aromatic rings. The van der Waals surface area contributed by atoms with Gasteiger partial charge in [-0.15, -0.1) is 0 Å². The topological polar surface area (TPSA) is 181 Å². The quantitative estimate of drug-likeness (QED) is 0.0270. The highest BCUT2D eigenvalue weighted by Crippen LogP contribution is 2.51. The SMILES string of the molecule is CCCCCC1(C)C(/C=C/C=C/C=C2/N(CCCCCC(=O)NCCN3C(=O)C=CC3=O)c3ccc(S(=O)(=O)O)cc3C2(C)CCCCS(=O)(=O)O)=[N+](CCCC2=C/C=C\C=C/C=C2)c2ccccc21. The van der Waals surface area contributed by atoms with E-state index in [0.29, 0.717) is 44.2 Å². The van der Waals surface area contributed by atoms with E-state index < -0.39 is 43.2 Å². The number of imide groups is 1. The molecule has 15 heteroatoms. The lowest BCUT2D eigenvalue weighted by Gasteiger charge is -2.30. The Balaban J connectivity index is 1.27. The second-order valence-electron chi connectivity index (χ2n) is 18.8. The van der Waals surface area contributed by atoms with E-state index in [-0.39, 0.29) is 42.1 Å². The average molecular weight is 994 g/mol. The first-order chi connectivity index (χ1) is 33.5. The van der Waals surface area contributed by atoms with Gasteiger partial charge in [-0.2, -0.15) is 21.4 Å². The van der Waals surface area contributed by atoms with Gasteiger partial charge >= 0.3 is 0 Å². The highest BCUT2D eigenvalue weighted by molar-refractivity contribution is 7.86. The van der Waals surface area contributed by atoms with Crippen LogP contribution >= 0.6 is 0 Å². The van der Waals surface area contributed by atoms with Crippen LogP contribution in [0.15, 0.2) is 144 Å². The standard InChI is InChI=1S/C55H68N4O9S2/c1-4-5-18-35-54(2)45-26-16-17-27-47(45)58(39-22-25-43-23-11-7-6-8-12-24-43)49(54)28-13-9-14-29-50-55(3,36-19-21-41-69(63,64)65)46-42-44(70(66,67)68)31-32-48(46)57(50)38-20-10-15-30-51(60)56-37-40-59-52(61)33-34-53(59)62/h6-9,11-14,16-17,23-24,26-29,31-34,42H,4-5,10,15,18-22,25,30,35-41H2,1-3H3,(H2-,56,60,63,64,65,66,67,68)/p+1/b7-6-,8-6?,11-7?,12-8-,23-11?,24-12?,43-23?,43-24?. The molecule has 0 saturated heterocycles. The van der Waals surface area contributed by atoms with Crippen LogP contribution < -0.4 is 10.2 Å². The molecule has 3 heterocycles. The van der Waals surface area contributed by atoms with Crippen LogP contribution in [0, 0.1) is 0 Å². The van der Waals surface area contributed by atoms with E-state index in [1.54, 1.807) is 6.07 Å². The van der Waals surface area contributed by atoms with Gasteiger partial charge in [0, 0.05) is 79.1 Å². The van der Waals surface area contributed by atoms with Gasteiger partial charge in [0.1, 0.15) is 6.54 Å². The van der Waals surface area contributed by atoms with Crippen LogP contribution in [0.5, 0.6) is 0 Å². The smallest absolute Gasteiger partial charge is 0.294 e. The van der Waals surface area contributed by atoms with Crippen molar-refractivity contribution in [2.75, 3.05) is 36.8 Å². The summed E-state index contributed by atoms with van der Waals surface area (Å²) in [4.78, 5) is 39.3. The zero-order valence-corrected chi connectivity index (χ0v) is 42.4. The van der Waals surface area contributed by atoms with Crippen molar-refractivity contribution in [2.45, 2.75) is 120 Å². The van der Waals surface area contributed by atoms with Crippen molar-refractivity contribution < 1.29 is 44.9 Å². The fraction of sp³-hybridized carbons (Fsp3) is 0.418. The molecule has 3 N–H and O–H groups in total. The third kappa shape index (κ3) is 13.8. The molecule has 0 radical (unpaired) electrons. The number of rotatable bonds is 26. The molecule has 0 saturated carbocycles. The van der Waals surface area contributed by atoms with Crippen LogP contribution in [-0.4, -0.2) is 90.8 Å². The van der Waals surface area contributed by atoms with Crippen LogP contribution in [0.4, 0.5) is 11.4 Å². The van der Waals surface area contributed by atoms with E-state index in [9.17, 15) is 40.3 Å². The molecule has 1 aliphatic carbocycles. The summed E-state index contributed by atoms with van der Waals surface area (Å²) in [6.07, 6.45) is 36.8. The van der Waals surface area contributed by atoms with Crippen molar-refractivity contribution in [3.8, 4) is 0 Å². The average Bonchev–Trinajstić information content (AvgIpc) is 3.84. The van der Waals surface area contributed by atoms with Crippen LogP contribution in [0.25, 0.3) is 0 Å². The number of nitrogens with zero attached hydrogens (tertiary/aromatic N) is 3. The minimum Gasteiger partial charge on any atom is -0.354 e. The van der Waals surface area contributed by atoms with E-state index >= 15 is 0 Å². The zero-order valence-electron chi connectivity index (χ0n) is 40.8. The molecule has 6 rings (SSSR count). The van der Waals surface area contributed by atoms with Gasteiger partial charge in [0.2, 0.25) is 11.6 Å². The summed E-state index contributed by atoms with van der Waals surface area (Å²) in [6, 6.07) is 13.3. The number of hydrogen-bond acceptors (Lipinski definition) is 8. The summed E-state index contributed by atoms with van der Waals surface area (Å²) < 4.78 is 70.5. The first kappa shape index (κ1) is 53.6. The first-order valence-corrected chi connectivity index (χ1v) is 27.7. The number of benzene rings is 2. The van der Waals surface area contributed by atoms with E-state index in [1.165, 1.54) is 46.8 Å². The molecule has 0 aromatic heterocycles. The molecule has 0 fully saturated rings. The Labute approximate surface area is 415 Å². The molecule has 13 nitrogen and oxygen atoms in total. The summed E-state index contributed by atoms with van der Waals surface area (Å²) in [7, 11) is -8.76. The number of nitrogens with one attached hydrogen (secondary N) is 1. The normalized spacial score (nSPS) is 21.6. The lowest BCUT2D eigenvalue weighted by molar-refractivity contribution is -0.438. The third-order valence-corrected chi connectivity index (χ3v) is 15.4. The van der Waals surface area contributed by atoms with Crippen LogP contribution in [0.3, 0.4) is 0 Å². The number of para-hydroxylation sites is 1. The highest BCUT2D eigenvalue weighted by Gasteiger charge is 2.47. The Bertz CT molecular complexity index is 2760. The number of unbranched alkanes of at least 4 members (excludes halogenated alkanes) is 5. The zero-order chi connectivity index (χ0) is 50.4. The van der Waals surface area contributed by atoms with Crippen LogP contribution in [-0.2, 0) is 45.4 Å². The number of fused-ring (bicyclic) bond motifs is 2. The van der Waals surface area contributed by atoms with E-state index in [4.69, 9.17) is 0 Å². The maximum absolute atomic E-state index is 12.7. The summed E-state index contributed by atoms with van der Waals surface area (Å²) in [6.45, 7) is 8.19. The van der Waals surface area contributed by atoms with Gasteiger partial charge in [0.15, 0.2) is 5.71 Å². The summed E-state index contributed by atoms with van der Waals surface area (Å²) in [5, 5.41) is 2.78. The predicted octanol–water partition coefficient (Wildman–Crippen LogP) is 9.69. The van der Waals surface area contributed by atoms with Crippen molar-refractivity contribution in [1.82, 2.24) is 10.2 Å². The predicted molar refractivity (Wildman–Crippen MR) is 277 cm³/mol. The van der Waals surface area contributed by atoms with Crippen LogP contribution in [0.1, 0.15) is 115 Å². The molecule has 2 aromatic carbocycles. The number of hydrogen-bond donors (Lipinski definition) is 3. The second-order valence-corrected chi connectivity index (χ2v) is 21.8. The maximum Gasteiger partial charge on any atom is 0.294 e. The Morgan fingerprint density at radius 2 is 1.47 bits per heavy atom. The molecule has 3 aliphatic heterocycles. The lowest BCUT2D eigenvalue weighted by atomic mass is 9.75. The third-order valence-electron chi connectivity index (χ3n) is 13.7. The van der Waals surface area contributed by atoms with Gasteiger partial charge in [-0.25, -0.2) is 0 Å². The van der Waals surface area contributed by atoms with Crippen molar-refractivity contribution in [3.63, 3.8) is 0 Å². The first-order valence-electron chi connectivity index (χ1n) is 24.6. The molecular weight excluding hydrogens is 925 g/mol. The van der Waals surface area contributed by atoms with Crippen molar-refractivity contribution in [1.29, 1.82) is 0 Å². The monoisotopic (exact) mass is 993 g/mol. The van der Waals surface area contributed by atoms with E-state index in [2.05, 4.69) is 89.4 Å². The fourth-order valence-corrected chi connectivity index (χ4v) is 11.1. The minimum atomic E-state index is -4.56. The minimum absolute atomic E-state index is 0.0934. The van der Waals surface area contributed by atoms with Gasteiger partial charge in [-0.05, 0) is 87.8 Å². The number of allylic oxidation sites excluding steroid dienone is 14. The Kier molecular flexibility index (Phi) is 18.7.